The van der Waals surface area contributed by atoms with Gasteiger partial charge in [-0.3, -0.25) is 0 Å². The van der Waals surface area contributed by atoms with E-state index in [2.05, 4.69) is 5.48 Å². The first-order valence-electron chi connectivity index (χ1n) is 5.05. The molecule has 2 heterocycles. The van der Waals surface area contributed by atoms with E-state index in [4.69, 9.17) is 9.57 Å². The molecule has 80 valence electrons. The highest BCUT2D eigenvalue weighted by Crippen LogP contribution is 2.40. The molecule has 0 radical (unpaired) electrons. The van der Waals surface area contributed by atoms with Crippen LogP contribution in [0.25, 0.3) is 0 Å². The molecule has 2 atom stereocenters. The number of benzene rings is 1. The van der Waals surface area contributed by atoms with Crippen LogP contribution in [0.3, 0.4) is 0 Å². The van der Waals surface area contributed by atoms with Gasteiger partial charge in [0, 0.05) is 11.5 Å². The van der Waals surface area contributed by atoms with Crippen molar-refractivity contribution >= 4 is 0 Å². The summed E-state index contributed by atoms with van der Waals surface area (Å²) >= 11 is 0. The minimum atomic E-state index is -0.481. The summed E-state index contributed by atoms with van der Waals surface area (Å²) in [4.78, 5) is 5.23. The summed E-state index contributed by atoms with van der Waals surface area (Å²) in [5.74, 6) is 0.000370. The summed E-state index contributed by atoms with van der Waals surface area (Å²) in [5.41, 5.74) is 3.09. The number of ether oxygens (including phenoxy) is 1. The second kappa shape index (κ2) is 3.27. The standard InChI is InChI=1S/C11H12FNO2/c12-10-4-2-1-3-9(10)11-7-14-5-8(11)6-15-13-11/h1-4,8,13H,5-7H2/t8?,11-/m0/s1. The second-order valence-corrected chi connectivity index (χ2v) is 4.08. The molecule has 15 heavy (non-hydrogen) atoms. The lowest BCUT2D eigenvalue weighted by Crippen LogP contribution is -2.42. The van der Waals surface area contributed by atoms with Gasteiger partial charge in [-0.15, -0.1) is 0 Å². The highest BCUT2D eigenvalue weighted by molar-refractivity contribution is 5.29. The van der Waals surface area contributed by atoms with Crippen molar-refractivity contribution in [2.45, 2.75) is 5.54 Å². The van der Waals surface area contributed by atoms with E-state index in [1.165, 1.54) is 6.07 Å². The van der Waals surface area contributed by atoms with E-state index in [9.17, 15) is 4.39 Å². The molecule has 1 aromatic rings. The first kappa shape index (κ1) is 9.27. The van der Waals surface area contributed by atoms with Crippen molar-refractivity contribution in [2.75, 3.05) is 19.8 Å². The zero-order chi connectivity index (χ0) is 10.3. The largest absolute Gasteiger partial charge is 0.379 e. The van der Waals surface area contributed by atoms with Crippen molar-refractivity contribution in [2.24, 2.45) is 5.92 Å². The number of nitrogens with one attached hydrogen (secondary N) is 1. The quantitative estimate of drug-likeness (QED) is 0.754. The molecule has 2 aliphatic heterocycles. The van der Waals surface area contributed by atoms with E-state index >= 15 is 0 Å². The Balaban J connectivity index is 2.08. The molecule has 2 fully saturated rings. The van der Waals surface area contributed by atoms with E-state index in [0.29, 0.717) is 25.4 Å². The minimum Gasteiger partial charge on any atom is -0.379 e. The van der Waals surface area contributed by atoms with Crippen LogP contribution in [-0.2, 0) is 15.1 Å². The van der Waals surface area contributed by atoms with Crippen LogP contribution in [0.1, 0.15) is 5.56 Å². The van der Waals surface area contributed by atoms with Gasteiger partial charge in [-0.2, -0.15) is 5.48 Å². The van der Waals surface area contributed by atoms with Gasteiger partial charge < -0.3 is 9.57 Å². The molecule has 4 heteroatoms. The molecular formula is C11H12FNO2. The molecule has 3 nitrogen and oxygen atoms in total. The maximum atomic E-state index is 13.7. The third kappa shape index (κ3) is 1.22. The average Bonchev–Trinajstić information content (AvgIpc) is 2.77. The van der Waals surface area contributed by atoms with Crippen LogP contribution in [-0.4, -0.2) is 19.8 Å². The van der Waals surface area contributed by atoms with Gasteiger partial charge in [-0.1, -0.05) is 18.2 Å². The van der Waals surface area contributed by atoms with Gasteiger partial charge in [0.1, 0.15) is 11.4 Å². The van der Waals surface area contributed by atoms with Crippen LogP contribution >= 0.6 is 0 Å². The third-order valence-corrected chi connectivity index (χ3v) is 3.24. The Morgan fingerprint density at radius 3 is 3.07 bits per heavy atom. The average molecular weight is 209 g/mol. The molecule has 0 aromatic heterocycles. The predicted octanol–water partition coefficient (Wildman–Crippen LogP) is 1.20. The topological polar surface area (TPSA) is 30.5 Å². The molecule has 1 unspecified atom stereocenters. The molecule has 2 aliphatic rings. The maximum absolute atomic E-state index is 13.7. The Kier molecular flexibility index (Phi) is 2.02. The van der Waals surface area contributed by atoms with Gasteiger partial charge in [-0.05, 0) is 6.07 Å². The van der Waals surface area contributed by atoms with Crippen molar-refractivity contribution in [1.29, 1.82) is 0 Å². The van der Waals surface area contributed by atoms with Gasteiger partial charge >= 0.3 is 0 Å². The zero-order valence-corrected chi connectivity index (χ0v) is 8.20. The summed E-state index contributed by atoms with van der Waals surface area (Å²) in [6.45, 7) is 1.67. The fraction of sp³-hybridized carbons (Fsp3) is 0.455. The zero-order valence-electron chi connectivity index (χ0n) is 8.20. The lowest BCUT2D eigenvalue weighted by Gasteiger charge is -2.26. The predicted molar refractivity (Wildman–Crippen MR) is 51.5 cm³/mol. The Bertz CT molecular complexity index is 373. The van der Waals surface area contributed by atoms with E-state index in [0.717, 1.165) is 0 Å². The summed E-state index contributed by atoms with van der Waals surface area (Å²) in [5, 5.41) is 0. The van der Waals surface area contributed by atoms with Gasteiger partial charge in [0.25, 0.3) is 0 Å². The molecule has 3 rings (SSSR count). The SMILES string of the molecule is Fc1ccccc1[C@]12COCC1CON2. The number of hydroxylamine groups is 1. The van der Waals surface area contributed by atoms with Gasteiger partial charge in [-0.25, -0.2) is 4.39 Å². The van der Waals surface area contributed by atoms with Crippen molar-refractivity contribution in [3.63, 3.8) is 0 Å². The van der Waals surface area contributed by atoms with Crippen LogP contribution in [0.15, 0.2) is 24.3 Å². The van der Waals surface area contributed by atoms with Gasteiger partial charge in [0.2, 0.25) is 0 Å². The molecule has 0 saturated carbocycles. The van der Waals surface area contributed by atoms with Crippen LogP contribution in [0, 0.1) is 11.7 Å². The Morgan fingerprint density at radius 2 is 2.20 bits per heavy atom. The first-order chi connectivity index (χ1) is 7.33. The van der Waals surface area contributed by atoms with Crippen molar-refractivity contribution < 1.29 is 14.0 Å². The molecule has 0 aliphatic carbocycles. The number of halogens is 1. The van der Waals surface area contributed by atoms with E-state index < -0.39 is 5.54 Å². The molecule has 0 amide bonds. The van der Waals surface area contributed by atoms with Crippen molar-refractivity contribution in [1.82, 2.24) is 5.48 Å². The number of hydrogen-bond acceptors (Lipinski definition) is 3. The van der Waals surface area contributed by atoms with Crippen LogP contribution in [0.5, 0.6) is 0 Å². The van der Waals surface area contributed by atoms with E-state index in [1.54, 1.807) is 12.1 Å². The summed E-state index contributed by atoms with van der Waals surface area (Å²) in [7, 11) is 0. The molecule has 0 spiro atoms. The second-order valence-electron chi connectivity index (χ2n) is 4.08. The highest BCUT2D eigenvalue weighted by Gasteiger charge is 2.51. The lowest BCUT2D eigenvalue weighted by molar-refractivity contribution is 0.0242. The van der Waals surface area contributed by atoms with Crippen molar-refractivity contribution in [3.05, 3.63) is 35.6 Å². The van der Waals surface area contributed by atoms with Gasteiger partial charge in [0.05, 0.1) is 19.8 Å². The number of hydrogen-bond donors (Lipinski definition) is 1. The van der Waals surface area contributed by atoms with Crippen molar-refractivity contribution in [3.8, 4) is 0 Å². The molecule has 2 saturated heterocycles. The molecule has 1 N–H and O–H groups in total. The monoisotopic (exact) mass is 209 g/mol. The Hall–Kier alpha value is -0.970. The Morgan fingerprint density at radius 1 is 1.33 bits per heavy atom. The first-order valence-corrected chi connectivity index (χ1v) is 5.05. The van der Waals surface area contributed by atoms with E-state index in [-0.39, 0.29) is 11.7 Å². The summed E-state index contributed by atoms with van der Waals surface area (Å²) in [6.07, 6.45) is 0. The fourth-order valence-corrected chi connectivity index (χ4v) is 2.37. The fourth-order valence-electron chi connectivity index (χ4n) is 2.37. The molecule has 0 bridgehead atoms. The summed E-state index contributed by atoms with van der Waals surface area (Å²) < 4.78 is 19.1. The number of fused-ring (bicyclic) bond motifs is 1. The smallest absolute Gasteiger partial charge is 0.128 e. The van der Waals surface area contributed by atoms with Crippen LogP contribution < -0.4 is 5.48 Å². The van der Waals surface area contributed by atoms with E-state index in [1.807, 2.05) is 6.07 Å². The maximum Gasteiger partial charge on any atom is 0.128 e. The highest BCUT2D eigenvalue weighted by atomic mass is 19.1. The summed E-state index contributed by atoms with van der Waals surface area (Å²) in [6, 6.07) is 6.79. The van der Waals surface area contributed by atoms with Crippen LogP contribution in [0.2, 0.25) is 0 Å². The minimum absolute atomic E-state index is 0.203. The van der Waals surface area contributed by atoms with Crippen LogP contribution in [0.4, 0.5) is 4.39 Å². The Labute approximate surface area is 87.1 Å². The third-order valence-electron chi connectivity index (χ3n) is 3.24. The molecular weight excluding hydrogens is 197 g/mol. The lowest BCUT2D eigenvalue weighted by atomic mass is 9.82. The number of rotatable bonds is 1. The normalized spacial score (nSPS) is 34.3. The molecule has 1 aromatic carbocycles. The van der Waals surface area contributed by atoms with Gasteiger partial charge in [0.15, 0.2) is 0 Å².